The molecular weight excluding hydrogens is 546 g/mol. The van der Waals surface area contributed by atoms with Gasteiger partial charge in [0.1, 0.15) is 0 Å². The molecule has 0 aromatic heterocycles. The summed E-state index contributed by atoms with van der Waals surface area (Å²) in [5.41, 5.74) is 11.8. The molecule has 0 saturated heterocycles. The van der Waals surface area contributed by atoms with E-state index in [1.165, 1.54) is 7.11 Å². The van der Waals surface area contributed by atoms with Crippen molar-refractivity contribution in [3.8, 4) is 34.1 Å². The Morgan fingerprint density at radius 1 is 0.860 bits per heavy atom. The largest absolute Gasteiger partial charge is 0.493 e. The van der Waals surface area contributed by atoms with Crippen LogP contribution in [0.2, 0.25) is 0 Å². The van der Waals surface area contributed by atoms with Crippen LogP contribution in [0.25, 0.3) is 11.1 Å². The first-order valence-corrected chi connectivity index (χ1v) is 13.9. The maximum atomic E-state index is 13.2. The number of carbonyl (C=O) groups is 1. The zero-order valence-electron chi connectivity index (χ0n) is 24.7. The molecule has 0 fully saturated rings. The van der Waals surface area contributed by atoms with Gasteiger partial charge in [0, 0.05) is 23.7 Å². The number of methoxy groups -OCH3 is 4. The van der Waals surface area contributed by atoms with Gasteiger partial charge in [-0.15, -0.1) is 0 Å². The molecule has 0 radical (unpaired) electrons. The van der Waals surface area contributed by atoms with Gasteiger partial charge in [0.25, 0.3) is 5.91 Å². The predicted molar refractivity (Wildman–Crippen MR) is 168 cm³/mol. The number of benzene rings is 3. The van der Waals surface area contributed by atoms with Gasteiger partial charge in [-0.25, -0.2) is 0 Å². The number of anilines is 2. The number of hydrogen-bond donors (Lipinski definition) is 3. The quantitative estimate of drug-likeness (QED) is 0.226. The molecule has 4 N–H and O–H groups in total. The summed E-state index contributed by atoms with van der Waals surface area (Å²) in [6.07, 6.45) is 1.38. The fourth-order valence-corrected chi connectivity index (χ4v) is 5.55. The topological polar surface area (TPSA) is 121 Å². The summed E-state index contributed by atoms with van der Waals surface area (Å²) in [6, 6.07) is 21.5. The minimum absolute atomic E-state index is 0.199. The summed E-state index contributed by atoms with van der Waals surface area (Å²) in [5, 5.41) is 6.51. The predicted octanol–water partition coefficient (Wildman–Crippen LogP) is 5.36. The van der Waals surface area contributed by atoms with E-state index in [2.05, 4.69) is 10.6 Å². The molecule has 0 unspecified atom stereocenters. The van der Waals surface area contributed by atoms with Crippen molar-refractivity contribution in [2.45, 2.75) is 25.4 Å². The molecule has 222 valence electrons. The molecule has 0 saturated carbocycles. The Morgan fingerprint density at radius 3 is 2.35 bits per heavy atom. The Balaban J connectivity index is 1.50. The lowest BCUT2D eigenvalue weighted by atomic mass is 9.95. The van der Waals surface area contributed by atoms with Crippen molar-refractivity contribution >= 4 is 17.3 Å². The normalized spacial score (nSPS) is 13.6. The molecule has 9 heteroatoms. The minimum Gasteiger partial charge on any atom is -0.493 e. The number of carbonyl (C=O) groups excluding carboxylic acids is 1. The molecule has 4 aromatic carbocycles. The van der Waals surface area contributed by atoms with Crippen LogP contribution in [0, 0.1) is 0 Å². The highest BCUT2D eigenvalue weighted by Crippen LogP contribution is 2.50. The first-order valence-electron chi connectivity index (χ1n) is 13.9. The monoisotopic (exact) mass is 581 g/mol. The maximum absolute atomic E-state index is 13.2. The number of para-hydroxylation sites is 2. The molecule has 1 aliphatic carbocycles. The van der Waals surface area contributed by atoms with Gasteiger partial charge in [-0.3, -0.25) is 9.59 Å². The Bertz CT molecular complexity index is 1720. The highest BCUT2D eigenvalue weighted by Gasteiger charge is 2.29. The van der Waals surface area contributed by atoms with Gasteiger partial charge in [-0.1, -0.05) is 30.3 Å². The number of fused-ring (bicyclic) bond motifs is 3. The summed E-state index contributed by atoms with van der Waals surface area (Å²) in [5.74, 6) is 1.58. The second kappa shape index (κ2) is 12.9. The van der Waals surface area contributed by atoms with Crippen molar-refractivity contribution in [1.29, 1.82) is 0 Å². The van der Waals surface area contributed by atoms with Gasteiger partial charge in [-0.2, -0.15) is 0 Å². The summed E-state index contributed by atoms with van der Waals surface area (Å²) in [7, 11) is 6.24. The van der Waals surface area contributed by atoms with Crippen LogP contribution in [-0.4, -0.2) is 34.3 Å². The smallest absolute Gasteiger partial charge is 0.255 e. The number of rotatable bonds is 9. The van der Waals surface area contributed by atoms with Crippen molar-refractivity contribution in [3.63, 3.8) is 0 Å². The van der Waals surface area contributed by atoms with Crippen LogP contribution in [0.5, 0.6) is 23.0 Å². The third kappa shape index (κ3) is 5.98. The van der Waals surface area contributed by atoms with E-state index in [-0.39, 0.29) is 23.1 Å². The van der Waals surface area contributed by atoms with Crippen molar-refractivity contribution in [1.82, 2.24) is 5.32 Å². The number of nitrogen functional groups attached to an aromatic ring is 1. The number of aryl methyl sites for hydroxylation is 1. The van der Waals surface area contributed by atoms with Gasteiger partial charge in [0.2, 0.25) is 11.2 Å². The fraction of sp³-hybridized carbons (Fsp3) is 0.235. The molecule has 4 aromatic rings. The zero-order valence-corrected chi connectivity index (χ0v) is 24.7. The molecule has 0 spiro atoms. The van der Waals surface area contributed by atoms with Crippen molar-refractivity contribution < 1.29 is 23.7 Å². The zero-order chi connectivity index (χ0) is 30.5. The summed E-state index contributed by atoms with van der Waals surface area (Å²) in [6.45, 7) is 0.461. The van der Waals surface area contributed by atoms with Crippen LogP contribution in [-0.2, 0) is 13.0 Å². The van der Waals surface area contributed by atoms with Crippen LogP contribution in [0.4, 0.5) is 11.4 Å². The Kier molecular flexibility index (Phi) is 8.82. The van der Waals surface area contributed by atoms with Crippen molar-refractivity contribution in [2.24, 2.45) is 0 Å². The van der Waals surface area contributed by atoms with E-state index < -0.39 is 0 Å². The minimum atomic E-state index is -0.250. The van der Waals surface area contributed by atoms with E-state index in [1.807, 2.05) is 42.5 Å². The molecule has 1 atom stereocenters. The van der Waals surface area contributed by atoms with E-state index in [0.29, 0.717) is 53.6 Å². The van der Waals surface area contributed by atoms with E-state index in [1.54, 1.807) is 51.7 Å². The van der Waals surface area contributed by atoms with Crippen LogP contribution in [0.1, 0.15) is 39.5 Å². The second-order valence-corrected chi connectivity index (χ2v) is 10.2. The maximum Gasteiger partial charge on any atom is 0.255 e. The number of hydrogen-bond acceptors (Lipinski definition) is 8. The first-order chi connectivity index (χ1) is 20.9. The highest BCUT2D eigenvalue weighted by atomic mass is 16.5. The van der Waals surface area contributed by atoms with E-state index in [0.717, 1.165) is 27.8 Å². The van der Waals surface area contributed by atoms with E-state index in [9.17, 15) is 9.59 Å². The number of ether oxygens (including phenoxy) is 4. The van der Waals surface area contributed by atoms with Crippen LogP contribution >= 0.6 is 0 Å². The number of nitrogens with two attached hydrogens (primary N) is 1. The Labute approximate surface area is 250 Å². The molecule has 1 amide bonds. The summed E-state index contributed by atoms with van der Waals surface area (Å²) >= 11 is 0. The van der Waals surface area contributed by atoms with Crippen LogP contribution in [0.3, 0.4) is 0 Å². The third-order valence-corrected chi connectivity index (χ3v) is 7.67. The second-order valence-electron chi connectivity index (χ2n) is 10.2. The first kappa shape index (κ1) is 29.5. The van der Waals surface area contributed by atoms with Crippen LogP contribution in [0.15, 0.2) is 77.6 Å². The van der Waals surface area contributed by atoms with E-state index >= 15 is 0 Å². The lowest BCUT2D eigenvalue weighted by molar-refractivity contribution is 0.102. The van der Waals surface area contributed by atoms with Gasteiger partial charge in [0.15, 0.2) is 17.2 Å². The lowest BCUT2D eigenvalue weighted by Gasteiger charge is -2.20. The summed E-state index contributed by atoms with van der Waals surface area (Å²) in [4.78, 5) is 26.1. The molecule has 1 aliphatic rings. The standard InChI is InChI=1S/C34H35N3O6/c1-40-29-15-13-23-24(18-28(29)38)26(14-12-21-17-30(41-2)32(42-3)33(43-4)31(21)23)36-19-20-8-7-9-22(16-20)34(39)37-27-11-6-5-10-25(27)35/h5-11,13,15-18,26,36H,12,14,19,35H2,1-4H3,(H,37,39)/t26-/m0/s1. The third-order valence-electron chi connectivity index (χ3n) is 7.67. The molecule has 0 heterocycles. The fourth-order valence-electron chi connectivity index (χ4n) is 5.55. The highest BCUT2D eigenvalue weighted by molar-refractivity contribution is 6.05. The van der Waals surface area contributed by atoms with Crippen LogP contribution < -0.4 is 40.7 Å². The average molecular weight is 582 g/mol. The van der Waals surface area contributed by atoms with Gasteiger partial charge >= 0.3 is 0 Å². The average Bonchev–Trinajstić information content (AvgIpc) is 3.27. The molecular formula is C34H35N3O6. The molecule has 5 rings (SSSR count). The molecule has 9 nitrogen and oxygen atoms in total. The van der Waals surface area contributed by atoms with Crippen molar-refractivity contribution in [3.05, 3.63) is 105 Å². The number of nitrogens with one attached hydrogen (secondary N) is 2. The lowest BCUT2D eigenvalue weighted by Crippen LogP contribution is -2.22. The van der Waals surface area contributed by atoms with Crippen molar-refractivity contribution in [2.75, 3.05) is 39.5 Å². The summed E-state index contributed by atoms with van der Waals surface area (Å²) < 4.78 is 22.6. The van der Waals surface area contributed by atoms with Gasteiger partial charge in [0.05, 0.1) is 39.8 Å². The van der Waals surface area contributed by atoms with Gasteiger partial charge < -0.3 is 35.3 Å². The Morgan fingerprint density at radius 2 is 1.63 bits per heavy atom. The molecule has 0 aliphatic heterocycles. The molecule has 43 heavy (non-hydrogen) atoms. The number of amides is 1. The Hall–Kier alpha value is -5.02. The molecule has 0 bridgehead atoms. The SMILES string of the molecule is COc1cc2c(c(OC)c1OC)-c1ccc(OC)c(=O)cc1[C@@H](NCc1cccc(C(=O)Nc3ccccc3N)c1)CC2. The van der Waals surface area contributed by atoms with E-state index in [4.69, 9.17) is 24.7 Å². The van der Waals surface area contributed by atoms with Gasteiger partial charge in [-0.05, 0) is 77.6 Å².